The Bertz CT molecular complexity index is 1410. The largest absolute Gasteiger partial charge is 0.456 e. The molecule has 2 aromatic heterocycles. The van der Waals surface area contributed by atoms with Crippen molar-refractivity contribution >= 4 is 40.6 Å². The van der Waals surface area contributed by atoms with Gasteiger partial charge < -0.3 is 15.0 Å². The van der Waals surface area contributed by atoms with Crippen molar-refractivity contribution in [3.05, 3.63) is 65.3 Å². The number of ether oxygens (including phenoxy) is 1. The van der Waals surface area contributed by atoms with Gasteiger partial charge in [0.15, 0.2) is 10.8 Å². The number of hydrogen-bond acceptors (Lipinski definition) is 8. The Morgan fingerprint density at radius 3 is 2.63 bits per heavy atom. The summed E-state index contributed by atoms with van der Waals surface area (Å²) in [4.78, 5) is 14.0. The summed E-state index contributed by atoms with van der Waals surface area (Å²) in [6.45, 7) is 5.21. The van der Waals surface area contributed by atoms with Crippen LogP contribution in [0, 0.1) is 0 Å². The molecular formula is C25H25ClF3N7OS. The third-order valence-corrected chi connectivity index (χ3v) is 7.17. The Morgan fingerprint density at radius 1 is 1.05 bits per heavy atom. The predicted octanol–water partition coefficient (Wildman–Crippen LogP) is 5.67. The van der Waals surface area contributed by atoms with Crippen LogP contribution in [0.2, 0.25) is 5.02 Å². The number of benzene rings is 2. The van der Waals surface area contributed by atoms with E-state index in [9.17, 15) is 13.2 Å². The van der Waals surface area contributed by atoms with Crippen molar-refractivity contribution in [2.75, 3.05) is 50.8 Å². The number of nitrogens with zero attached hydrogens (tertiary/aromatic N) is 6. The zero-order valence-corrected chi connectivity index (χ0v) is 22.0. The highest BCUT2D eigenvalue weighted by Crippen LogP contribution is 2.36. The van der Waals surface area contributed by atoms with E-state index in [2.05, 4.69) is 37.2 Å². The molecule has 0 unspecified atom stereocenters. The fraction of sp³-hybridized carbons (Fsp3) is 0.320. The number of alkyl halides is 3. The predicted molar refractivity (Wildman–Crippen MR) is 142 cm³/mol. The highest BCUT2D eigenvalue weighted by atomic mass is 35.5. The van der Waals surface area contributed by atoms with Crippen LogP contribution in [0.4, 0.5) is 24.8 Å². The minimum Gasteiger partial charge on any atom is -0.456 e. The number of rotatable bonds is 8. The first-order chi connectivity index (χ1) is 18.2. The van der Waals surface area contributed by atoms with E-state index < -0.39 is 11.7 Å². The van der Waals surface area contributed by atoms with Gasteiger partial charge in [0.2, 0.25) is 5.95 Å². The van der Waals surface area contributed by atoms with Gasteiger partial charge in [-0.3, -0.25) is 4.90 Å². The Morgan fingerprint density at radius 2 is 1.87 bits per heavy atom. The van der Waals surface area contributed by atoms with E-state index in [4.69, 9.17) is 16.3 Å². The summed E-state index contributed by atoms with van der Waals surface area (Å²) in [5, 5.41) is 8.36. The summed E-state index contributed by atoms with van der Waals surface area (Å²) < 4.78 is 46.3. The van der Waals surface area contributed by atoms with Gasteiger partial charge in [-0.05, 0) is 43.4 Å². The van der Waals surface area contributed by atoms with E-state index in [1.165, 1.54) is 12.1 Å². The van der Waals surface area contributed by atoms with Gasteiger partial charge in [0.25, 0.3) is 0 Å². The standard InChI is InChI=1S/C25H25ClF3N7OS/c1-34-9-11-35(12-10-34)13-14-38-24-32-22-7-8-30-36(22)23(33-24)31-18-5-6-21(20(26)16-18)37-19-4-2-3-17(15-19)25(27,28)29/h2-8,15-16H,9-14H2,1H3,(H,31,32,33). The third kappa shape index (κ3) is 6.49. The Balaban J connectivity index is 1.27. The molecule has 3 heterocycles. The molecule has 0 aliphatic carbocycles. The van der Waals surface area contributed by atoms with Crippen LogP contribution in [0.15, 0.2) is 59.9 Å². The maximum Gasteiger partial charge on any atom is 0.416 e. The van der Waals surface area contributed by atoms with Gasteiger partial charge >= 0.3 is 6.18 Å². The molecule has 0 saturated carbocycles. The molecule has 38 heavy (non-hydrogen) atoms. The number of thioether (sulfide) groups is 1. The topological polar surface area (TPSA) is 70.8 Å². The van der Waals surface area contributed by atoms with E-state index >= 15 is 0 Å². The molecule has 2 aromatic carbocycles. The molecule has 4 aromatic rings. The fourth-order valence-corrected chi connectivity index (χ4v) is 5.00. The minimum absolute atomic E-state index is 0.0368. The van der Waals surface area contributed by atoms with Gasteiger partial charge in [-0.2, -0.15) is 27.8 Å². The quantitative estimate of drug-likeness (QED) is 0.275. The van der Waals surface area contributed by atoms with Gasteiger partial charge in [0.05, 0.1) is 16.8 Å². The molecule has 13 heteroatoms. The molecule has 1 saturated heterocycles. The third-order valence-electron chi connectivity index (χ3n) is 6.05. The van der Waals surface area contributed by atoms with Crippen LogP contribution < -0.4 is 10.1 Å². The molecule has 0 spiro atoms. The first-order valence-electron chi connectivity index (χ1n) is 11.9. The van der Waals surface area contributed by atoms with Crippen LogP contribution in [0.5, 0.6) is 11.5 Å². The van der Waals surface area contributed by atoms with Crippen molar-refractivity contribution < 1.29 is 17.9 Å². The van der Waals surface area contributed by atoms with E-state index in [0.717, 1.165) is 50.6 Å². The van der Waals surface area contributed by atoms with Crippen LogP contribution in [-0.2, 0) is 6.18 Å². The summed E-state index contributed by atoms with van der Waals surface area (Å²) in [7, 11) is 2.14. The first kappa shape index (κ1) is 26.5. The molecule has 0 amide bonds. The molecule has 0 atom stereocenters. The Labute approximate surface area is 226 Å². The number of likely N-dealkylation sites (N-methyl/N-ethyl adjacent to an activating group) is 1. The molecule has 1 aliphatic rings. The lowest BCUT2D eigenvalue weighted by molar-refractivity contribution is -0.137. The zero-order chi connectivity index (χ0) is 26.7. The maximum absolute atomic E-state index is 13.0. The Hall–Kier alpha value is -3.06. The van der Waals surface area contributed by atoms with Crippen LogP contribution in [0.25, 0.3) is 5.65 Å². The highest BCUT2D eigenvalue weighted by Gasteiger charge is 2.30. The van der Waals surface area contributed by atoms with Crippen molar-refractivity contribution in [2.24, 2.45) is 0 Å². The van der Waals surface area contributed by atoms with Crippen molar-refractivity contribution in [3.63, 3.8) is 0 Å². The van der Waals surface area contributed by atoms with E-state index in [0.29, 0.717) is 22.4 Å². The lowest BCUT2D eigenvalue weighted by atomic mass is 10.2. The molecule has 5 rings (SSSR count). The maximum atomic E-state index is 13.0. The monoisotopic (exact) mass is 563 g/mol. The number of hydrogen-bond donors (Lipinski definition) is 1. The van der Waals surface area contributed by atoms with E-state index in [-0.39, 0.29) is 16.5 Å². The first-order valence-corrected chi connectivity index (χ1v) is 13.3. The molecule has 200 valence electrons. The summed E-state index contributed by atoms with van der Waals surface area (Å²) in [6.07, 6.45) is -2.82. The number of halogens is 4. The number of piperazine rings is 1. The molecular weight excluding hydrogens is 539 g/mol. The molecule has 1 aliphatic heterocycles. The summed E-state index contributed by atoms with van der Waals surface area (Å²) >= 11 is 7.98. The van der Waals surface area contributed by atoms with Crippen molar-refractivity contribution in [2.45, 2.75) is 11.3 Å². The molecule has 8 nitrogen and oxygen atoms in total. The summed E-state index contributed by atoms with van der Waals surface area (Å²) in [6, 6.07) is 11.3. The van der Waals surface area contributed by atoms with Crippen molar-refractivity contribution in [1.82, 2.24) is 29.4 Å². The number of nitrogens with one attached hydrogen (secondary N) is 1. The molecule has 1 fully saturated rings. The SMILES string of the molecule is CN1CCN(CCSc2nc(Nc3ccc(Oc4cccc(C(F)(F)F)c4)c(Cl)c3)n3nccc3n2)CC1. The van der Waals surface area contributed by atoms with Crippen molar-refractivity contribution in [3.8, 4) is 11.5 Å². The van der Waals surface area contributed by atoms with Crippen LogP contribution in [0.3, 0.4) is 0 Å². The van der Waals surface area contributed by atoms with Gasteiger partial charge in [0, 0.05) is 50.2 Å². The molecule has 0 bridgehead atoms. The summed E-state index contributed by atoms with van der Waals surface area (Å²) in [5.74, 6) is 1.59. The summed E-state index contributed by atoms with van der Waals surface area (Å²) in [5.41, 5.74) is 0.462. The van der Waals surface area contributed by atoms with E-state index in [1.807, 2.05) is 0 Å². The molecule has 0 radical (unpaired) electrons. The molecule has 1 N–H and O–H groups in total. The van der Waals surface area contributed by atoms with Gasteiger partial charge in [-0.15, -0.1) is 0 Å². The van der Waals surface area contributed by atoms with Gasteiger partial charge in [-0.1, -0.05) is 29.4 Å². The average Bonchev–Trinajstić information content (AvgIpc) is 3.36. The average molecular weight is 564 g/mol. The number of fused-ring (bicyclic) bond motifs is 1. The van der Waals surface area contributed by atoms with Gasteiger partial charge in [0.1, 0.15) is 11.5 Å². The minimum atomic E-state index is -4.46. The second kappa shape index (κ2) is 11.4. The zero-order valence-electron chi connectivity index (χ0n) is 20.5. The van der Waals surface area contributed by atoms with Crippen molar-refractivity contribution in [1.29, 1.82) is 0 Å². The lowest BCUT2D eigenvalue weighted by Crippen LogP contribution is -2.45. The highest BCUT2D eigenvalue weighted by molar-refractivity contribution is 7.99. The number of anilines is 2. The Kier molecular flexibility index (Phi) is 7.93. The second-order valence-electron chi connectivity index (χ2n) is 8.82. The number of aromatic nitrogens is 4. The van der Waals surface area contributed by atoms with Crippen LogP contribution in [-0.4, -0.2) is 74.9 Å². The second-order valence-corrected chi connectivity index (χ2v) is 10.3. The van der Waals surface area contributed by atoms with Gasteiger partial charge in [-0.25, -0.2) is 4.98 Å². The van der Waals surface area contributed by atoms with E-state index in [1.54, 1.807) is 46.7 Å². The lowest BCUT2D eigenvalue weighted by Gasteiger charge is -2.32. The fourth-order valence-electron chi connectivity index (χ4n) is 3.94. The van der Waals surface area contributed by atoms with Crippen LogP contribution >= 0.6 is 23.4 Å². The van der Waals surface area contributed by atoms with Crippen LogP contribution in [0.1, 0.15) is 5.56 Å². The smallest absolute Gasteiger partial charge is 0.416 e. The normalized spacial score (nSPS) is 15.2.